The summed E-state index contributed by atoms with van der Waals surface area (Å²) < 4.78 is 5.83. The number of benzene rings is 1. The van der Waals surface area contributed by atoms with Crippen LogP contribution in [-0.2, 0) is 16.0 Å². The second-order valence-corrected chi connectivity index (χ2v) is 6.46. The molecule has 0 radical (unpaired) electrons. The first-order valence-electron chi connectivity index (χ1n) is 7.88. The maximum atomic E-state index is 12.5. The maximum absolute atomic E-state index is 12.5. The van der Waals surface area contributed by atoms with Gasteiger partial charge < -0.3 is 9.64 Å². The van der Waals surface area contributed by atoms with E-state index in [1.54, 1.807) is 0 Å². The van der Waals surface area contributed by atoms with Crippen LogP contribution in [0.25, 0.3) is 0 Å². The van der Waals surface area contributed by atoms with Crippen LogP contribution in [0.3, 0.4) is 0 Å². The number of halogens is 1. The summed E-state index contributed by atoms with van der Waals surface area (Å²) >= 11 is 6.21. The Bertz CT molecular complexity index is 499. The molecule has 1 aliphatic carbocycles. The van der Waals surface area contributed by atoms with Crippen molar-refractivity contribution >= 4 is 17.5 Å². The third-order valence-electron chi connectivity index (χ3n) is 4.56. The minimum absolute atomic E-state index is 0.0593. The quantitative estimate of drug-likeness (QED) is 0.857. The van der Waals surface area contributed by atoms with Crippen molar-refractivity contribution in [2.24, 2.45) is 5.92 Å². The predicted molar refractivity (Wildman–Crippen MR) is 83.4 cm³/mol. The summed E-state index contributed by atoms with van der Waals surface area (Å²) in [7, 11) is 0. The summed E-state index contributed by atoms with van der Waals surface area (Å²) in [6.07, 6.45) is 5.35. The normalized spacial score (nSPS) is 23.5. The Morgan fingerprint density at radius 2 is 2.05 bits per heavy atom. The van der Waals surface area contributed by atoms with Crippen molar-refractivity contribution in [3.05, 3.63) is 34.9 Å². The summed E-state index contributed by atoms with van der Waals surface area (Å²) in [5, 5.41) is 0.778. The Morgan fingerprint density at radius 3 is 2.81 bits per heavy atom. The van der Waals surface area contributed by atoms with E-state index in [0.29, 0.717) is 19.1 Å². The van der Waals surface area contributed by atoms with Crippen LogP contribution in [0.2, 0.25) is 5.02 Å². The van der Waals surface area contributed by atoms with Crippen LogP contribution in [-0.4, -0.2) is 36.6 Å². The molecule has 1 aromatic carbocycles. The zero-order valence-corrected chi connectivity index (χ0v) is 13.0. The second-order valence-electron chi connectivity index (χ2n) is 6.05. The van der Waals surface area contributed by atoms with E-state index in [9.17, 15) is 4.79 Å². The first kappa shape index (κ1) is 14.9. The Labute approximate surface area is 131 Å². The van der Waals surface area contributed by atoms with E-state index in [0.717, 1.165) is 36.4 Å². The number of carbonyl (C=O) groups is 1. The van der Waals surface area contributed by atoms with E-state index >= 15 is 0 Å². The van der Waals surface area contributed by atoms with Gasteiger partial charge in [-0.3, -0.25) is 4.79 Å². The van der Waals surface area contributed by atoms with Crippen LogP contribution in [0.15, 0.2) is 24.3 Å². The van der Waals surface area contributed by atoms with Gasteiger partial charge in [-0.2, -0.15) is 0 Å². The molecule has 21 heavy (non-hydrogen) atoms. The standard InChI is InChI=1S/C17H22ClNO2/c18-16-8-4-3-7-14(16)11-15-12-19(9-10-21-15)17(20)13-5-1-2-6-13/h3-4,7-8,13,15H,1-2,5-6,9-12H2. The zero-order valence-electron chi connectivity index (χ0n) is 12.3. The average molecular weight is 308 g/mol. The summed E-state index contributed by atoms with van der Waals surface area (Å²) in [6, 6.07) is 7.86. The molecule has 0 spiro atoms. The molecule has 0 bridgehead atoms. The molecule has 1 atom stereocenters. The lowest BCUT2D eigenvalue weighted by atomic mass is 10.0. The fourth-order valence-corrected chi connectivity index (χ4v) is 3.60. The van der Waals surface area contributed by atoms with Crippen LogP contribution in [0.5, 0.6) is 0 Å². The molecule has 0 N–H and O–H groups in total. The number of morpholine rings is 1. The number of nitrogens with zero attached hydrogens (tertiary/aromatic N) is 1. The third-order valence-corrected chi connectivity index (χ3v) is 4.93. The highest BCUT2D eigenvalue weighted by Crippen LogP contribution is 2.27. The van der Waals surface area contributed by atoms with E-state index in [2.05, 4.69) is 0 Å². The van der Waals surface area contributed by atoms with Crippen molar-refractivity contribution in [1.82, 2.24) is 4.90 Å². The number of ether oxygens (including phenoxy) is 1. The number of amides is 1. The minimum atomic E-state index is 0.0593. The van der Waals surface area contributed by atoms with Gasteiger partial charge in [0, 0.05) is 30.5 Å². The van der Waals surface area contributed by atoms with Crippen LogP contribution in [0.4, 0.5) is 0 Å². The van der Waals surface area contributed by atoms with E-state index in [-0.39, 0.29) is 12.0 Å². The molecular formula is C17H22ClNO2. The lowest BCUT2D eigenvalue weighted by Gasteiger charge is -2.34. The van der Waals surface area contributed by atoms with Gasteiger partial charge in [0.05, 0.1) is 12.7 Å². The fraction of sp³-hybridized carbons (Fsp3) is 0.588. The minimum Gasteiger partial charge on any atom is -0.374 e. The van der Waals surface area contributed by atoms with Gasteiger partial charge >= 0.3 is 0 Å². The summed E-state index contributed by atoms with van der Waals surface area (Å²) in [4.78, 5) is 14.5. The number of carbonyl (C=O) groups excluding carboxylic acids is 1. The molecule has 1 saturated carbocycles. The highest BCUT2D eigenvalue weighted by molar-refractivity contribution is 6.31. The zero-order chi connectivity index (χ0) is 14.7. The Hall–Kier alpha value is -1.06. The molecule has 0 aromatic heterocycles. The highest BCUT2D eigenvalue weighted by Gasteiger charge is 2.31. The van der Waals surface area contributed by atoms with Gasteiger partial charge in [-0.05, 0) is 24.5 Å². The summed E-state index contributed by atoms with van der Waals surface area (Å²) in [5.41, 5.74) is 1.10. The van der Waals surface area contributed by atoms with E-state index < -0.39 is 0 Å². The predicted octanol–water partition coefficient (Wildman–Crippen LogP) is 3.30. The van der Waals surface area contributed by atoms with Crippen molar-refractivity contribution in [1.29, 1.82) is 0 Å². The second kappa shape index (κ2) is 6.80. The van der Waals surface area contributed by atoms with Gasteiger partial charge in [-0.1, -0.05) is 42.6 Å². The van der Waals surface area contributed by atoms with Gasteiger partial charge in [0.1, 0.15) is 0 Å². The molecule has 1 aromatic rings. The molecule has 2 fully saturated rings. The monoisotopic (exact) mass is 307 g/mol. The van der Waals surface area contributed by atoms with Crippen LogP contribution in [0.1, 0.15) is 31.2 Å². The maximum Gasteiger partial charge on any atom is 0.225 e. The lowest BCUT2D eigenvalue weighted by molar-refractivity contribution is -0.142. The molecular weight excluding hydrogens is 286 g/mol. The average Bonchev–Trinajstić information content (AvgIpc) is 3.03. The Kier molecular flexibility index (Phi) is 4.81. The molecule has 1 amide bonds. The van der Waals surface area contributed by atoms with E-state index in [4.69, 9.17) is 16.3 Å². The van der Waals surface area contributed by atoms with Gasteiger partial charge in [-0.15, -0.1) is 0 Å². The van der Waals surface area contributed by atoms with Gasteiger partial charge in [-0.25, -0.2) is 0 Å². The van der Waals surface area contributed by atoms with Crippen LogP contribution in [0, 0.1) is 5.92 Å². The van der Waals surface area contributed by atoms with Gasteiger partial charge in [0.15, 0.2) is 0 Å². The fourth-order valence-electron chi connectivity index (χ4n) is 3.38. The first-order valence-corrected chi connectivity index (χ1v) is 8.25. The molecule has 4 heteroatoms. The van der Waals surface area contributed by atoms with Crippen molar-refractivity contribution in [2.75, 3.05) is 19.7 Å². The topological polar surface area (TPSA) is 29.5 Å². The molecule has 114 valence electrons. The smallest absolute Gasteiger partial charge is 0.225 e. The third kappa shape index (κ3) is 3.58. The number of hydrogen-bond donors (Lipinski definition) is 0. The van der Waals surface area contributed by atoms with Crippen molar-refractivity contribution in [2.45, 2.75) is 38.2 Å². The summed E-state index contributed by atoms with van der Waals surface area (Å²) in [5.74, 6) is 0.587. The summed E-state index contributed by atoms with van der Waals surface area (Å²) in [6.45, 7) is 2.06. The molecule has 1 heterocycles. The number of hydrogen-bond acceptors (Lipinski definition) is 2. The van der Waals surface area contributed by atoms with Crippen molar-refractivity contribution < 1.29 is 9.53 Å². The SMILES string of the molecule is O=C(C1CCCC1)N1CCOC(Cc2ccccc2Cl)C1. The van der Waals surface area contributed by atoms with E-state index in [1.807, 2.05) is 29.2 Å². The van der Waals surface area contributed by atoms with Crippen molar-refractivity contribution in [3.63, 3.8) is 0 Å². The van der Waals surface area contributed by atoms with Crippen molar-refractivity contribution in [3.8, 4) is 0 Å². The molecule has 1 unspecified atom stereocenters. The molecule has 3 nitrogen and oxygen atoms in total. The Morgan fingerprint density at radius 1 is 1.29 bits per heavy atom. The van der Waals surface area contributed by atoms with Crippen LogP contribution >= 0.6 is 11.6 Å². The van der Waals surface area contributed by atoms with Crippen LogP contribution < -0.4 is 0 Å². The number of rotatable bonds is 3. The van der Waals surface area contributed by atoms with Gasteiger partial charge in [0.2, 0.25) is 5.91 Å². The molecule has 3 rings (SSSR count). The molecule has 1 aliphatic heterocycles. The van der Waals surface area contributed by atoms with E-state index in [1.165, 1.54) is 12.8 Å². The Balaban J connectivity index is 1.60. The largest absolute Gasteiger partial charge is 0.374 e. The highest BCUT2D eigenvalue weighted by atomic mass is 35.5. The molecule has 1 saturated heterocycles. The first-order chi connectivity index (χ1) is 10.2. The molecule has 2 aliphatic rings. The van der Waals surface area contributed by atoms with Gasteiger partial charge in [0.25, 0.3) is 0 Å². The lowest BCUT2D eigenvalue weighted by Crippen LogP contribution is -2.48.